The van der Waals surface area contributed by atoms with E-state index in [2.05, 4.69) is 16.8 Å². The Kier molecular flexibility index (Phi) is 3.42. The topological polar surface area (TPSA) is 32.5 Å². The molecule has 2 N–H and O–H groups in total. The van der Waals surface area contributed by atoms with Crippen LogP contribution < -0.4 is 5.73 Å². The molecule has 0 spiro atoms. The van der Waals surface area contributed by atoms with Crippen LogP contribution in [0.3, 0.4) is 0 Å². The minimum Gasteiger partial charge on any atom is -0.329 e. The molecule has 0 aromatic heterocycles. The molecule has 0 aromatic rings. The van der Waals surface area contributed by atoms with Crippen molar-refractivity contribution in [3.05, 3.63) is 0 Å². The Balaban J connectivity index is 2.03. The van der Waals surface area contributed by atoms with Gasteiger partial charge in [0.15, 0.2) is 0 Å². The van der Waals surface area contributed by atoms with E-state index < -0.39 is 0 Å². The SMILES string of the molecule is CN1CCCN2C(CN)CCCC2C1. The van der Waals surface area contributed by atoms with E-state index in [4.69, 9.17) is 5.73 Å². The lowest BCUT2D eigenvalue weighted by molar-refractivity contribution is 0.0870. The van der Waals surface area contributed by atoms with E-state index in [9.17, 15) is 0 Å². The number of hydrogen-bond acceptors (Lipinski definition) is 3. The molecule has 2 atom stereocenters. The fraction of sp³-hybridized carbons (Fsp3) is 1.00. The number of nitrogens with zero attached hydrogens (tertiary/aromatic N) is 2. The van der Waals surface area contributed by atoms with Crippen molar-refractivity contribution in [2.75, 3.05) is 33.2 Å². The van der Waals surface area contributed by atoms with Gasteiger partial charge < -0.3 is 10.6 Å². The summed E-state index contributed by atoms with van der Waals surface area (Å²) >= 11 is 0. The Labute approximate surface area is 87.2 Å². The minimum atomic E-state index is 0.667. The molecular weight excluding hydrogens is 174 g/mol. The first kappa shape index (κ1) is 10.4. The zero-order valence-corrected chi connectivity index (χ0v) is 9.28. The quantitative estimate of drug-likeness (QED) is 0.664. The van der Waals surface area contributed by atoms with Gasteiger partial charge in [-0.15, -0.1) is 0 Å². The standard InChI is InChI=1S/C11H23N3/c1-13-6-3-7-14-10(8-12)4-2-5-11(14)9-13/h10-11H,2-9,12H2,1H3. The van der Waals surface area contributed by atoms with Crippen LogP contribution in [0.1, 0.15) is 25.7 Å². The summed E-state index contributed by atoms with van der Waals surface area (Å²) in [6.07, 6.45) is 5.37. The summed E-state index contributed by atoms with van der Waals surface area (Å²) in [7, 11) is 2.25. The summed E-state index contributed by atoms with van der Waals surface area (Å²) in [5, 5.41) is 0. The van der Waals surface area contributed by atoms with Gasteiger partial charge in [-0.1, -0.05) is 6.42 Å². The minimum absolute atomic E-state index is 0.667. The van der Waals surface area contributed by atoms with Crippen molar-refractivity contribution in [1.82, 2.24) is 9.80 Å². The molecule has 0 radical (unpaired) electrons. The van der Waals surface area contributed by atoms with E-state index in [1.54, 1.807) is 0 Å². The Morgan fingerprint density at radius 1 is 1.21 bits per heavy atom. The van der Waals surface area contributed by atoms with Gasteiger partial charge in [0.25, 0.3) is 0 Å². The predicted octanol–water partition coefficient (Wildman–Crippen LogP) is 0.504. The second kappa shape index (κ2) is 4.60. The molecule has 82 valence electrons. The van der Waals surface area contributed by atoms with Gasteiger partial charge in [-0.2, -0.15) is 0 Å². The average Bonchev–Trinajstić information content (AvgIpc) is 2.37. The summed E-state index contributed by atoms with van der Waals surface area (Å²) < 4.78 is 0. The third-order valence-corrected chi connectivity index (χ3v) is 3.76. The molecule has 2 unspecified atom stereocenters. The molecule has 2 aliphatic heterocycles. The number of hydrogen-bond donors (Lipinski definition) is 1. The van der Waals surface area contributed by atoms with Crippen LogP contribution in [0.25, 0.3) is 0 Å². The zero-order valence-electron chi connectivity index (χ0n) is 9.28. The number of likely N-dealkylation sites (N-methyl/N-ethyl adjacent to an activating group) is 1. The molecule has 0 aromatic carbocycles. The maximum Gasteiger partial charge on any atom is 0.0226 e. The Hall–Kier alpha value is -0.120. The molecule has 3 heteroatoms. The summed E-state index contributed by atoms with van der Waals surface area (Å²) in [6.45, 7) is 4.61. The molecule has 2 aliphatic rings. The normalized spacial score (nSPS) is 36.4. The fourth-order valence-electron chi connectivity index (χ4n) is 3.01. The molecule has 0 bridgehead atoms. The number of fused-ring (bicyclic) bond motifs is 1. The molecule has 14 heavy (non-hydrogen) atoms. The van der Waals surface area contributed by atoms with Gasteiger partial charge in [-0.25, -0.2) is 0 Å². The van der Waals surface area contributed by atoms with Crippen LogP contribution in [0.4, 0.5) is 0 Å². The highest BCUT2D eigenvalue weighted by Gasteiger charge is 2.31. The Morgan fingerprint density at radius 3 is 2.86 bits per heavy atom. The van der Waals surface area contributed by atoms with Crippen LogP contribution in [-0.4, -0.2) is 55.1 Å². The maximum atomic E-state index is 5.84. The monoisotopic (exact) mass is 197 g/mol. The zero-order chi connectivity index (χ0) is 9.97. The van der Waals surface area contributed by atoms with Gasteiger partial charge in [-0.05, 0) is 32.9 Å². The smallest absolute Gasteiger partial charge is 0.0226 e. The van der Waals surface area contributed by atoms with E-state index >= 15 is 0 Å². The van der Waals surface area contributed by atoms with Crippen molar-refractivity contribution < 1.29 is 0 Å². The Morgan fingerprint density at radius 2 is 2.07 bits per heavy atom. The van der Waals surface area contributed by atoms with Crippen molar-refractivity contribution in [3.63, 3.8) is 0 Å². The summed E-state index contributed by atoms with van der Waals surface area (Å²) in [5.74, 6) is 0. The number of rotatable bonds is 1. The molecule has 0 saturated carbocycles. The predicted molar refractivity (Wildman–Crippen MR) is 59.3 cm³/mol. The summed E-state index contributed by atoms with van der Waals surface area (Å²) in [6, 6.07) is 1.45. The lowest BCUT2D eigenvalue weighted by atomic mass is 9.95. The van der Waals surface area contributed by atoms with Crippen LogP contribution in [0.5, 0.6) is 0 Å². The van der Waals surface area contributed by atoms with Crippen molar-refractivity contribution in [1.29, 1.82) is 0 Å². The van der Waals surface area contributed by atoms with E-state index in [1.807, 2.05) is 0 Å². The number of piperidine rings is 1. The third kappa shape index (κ3) is 2.10. The van der Waals surface area contributed by atoms with Gasteiger partial charge in [0.2, 0.25) is 0 Å². The lowest BCUT2D eigenvalue weighted by Crippen LogP contribution is -2.51. The first-order chi connectivity index (χ1) is 6.81. The van der Waals surface area contributed by atoms with Crippen LogP contribution >= 0.6 is 0 Å². The van der Waals surface area contributed by atoms with Crippen LogP contribution in [-0.2, 0) is 0 Å². The van der Waals surface area contributed by atoms with Crippen molar-refractivity contribution >= 4 is 0 Å². The van der Waals surface area contributed by atoms with Crippen molar-refractivity contribution in [3.8, 4) is 0 Å². The molecule has 3 nitrogen and oxygen atoms in total. The van der Waals surface area contributed by atoms with E-state index in [0.717, 1.165) is 12.6 Å². The summed E-state index contributed by atoms with van der Waals surface area (Å²) in [5.41, 5.74) is 5.84. The molecule has 2 saturated heterocycles. The highest BCUT2D eigenvalue weighted by atomic mass is 15.3. The molecule has 0 amide bonds. The maximum absolute atomic E-state index is 5.84. The number of nitrogens with two attached hydrogens (primary N) is 1. The van der Waals surface area contributed by atoms with Gasteiger partial charge >= 0.3 is 0 Å². The molecule has 2 heterocycles. The first-order valence-electron chi connectivity index (χ1n) is 5.95. The van der Waals surface area contributed by atoms with Crippen molar-refractivity contribution in [2.45, 2.75) is 37.8 Å². The molecule has 2 fully saturated rings. The largest absolute Gasteiger partial charge is 0.329 e. The van der Waals surface area contributed by atoms with Crippen molar-refractivity contribution in [2.24, 2.45) is 5.73 Å². The molecule has 2 rings (SSSR count). The van der Waals surface area contributed by atoms with E-state index in [1.165, 1.54) is 45.3 Å². The van der Waals surface area contributed by atoms with Crippen LogP contribution in [0.15, 0.2) is 0 Å². The lowest BCUT2D eigenvalue weighted by Gasteiger charge is -2.41. The van der Waals surface area contributed by atoms with E-state index in [-0.39, 0.29) is 0 Å². The van der Waals surface area contributed by atoms with Gasteiger partial charge in [0.05, 0.1) is 0 Å². The van der Waals surface area contributed by atoms with E-state index in [0.29, 0.717) is 6.04 Å². The second-order valence-corrected chi connectivity index (χ2v) is 4.83. The van der Waals surface area contributed by atoms with Gasteiger partial charge in [-0.3, -0.25) is 4.90 Å². The van der Waals surface area contributed by atoms with Gasteiger partial charge in [0.1, 0.15) is 0 Å². The molecular formula is C11H23N3. The summed E-state index contributed by atoms with van der Waals surface area (Å²) in [4.78, 5) is 5.15. The average molecular weight is 197 g/mol. The highest BCUT2D eigenvalue weighted by molar-refractivity contribution is 4.88. The third-order valence-electron chi connectivity index (χ3n) is 3.76. The fourth-order valence-corrected chi connectivity index (χ4v) is 3.01. The molecule has 0 aliphatic carbocycles. The first-order valence-corrected chi connectivity index (χ1v) is 5.95. The Bertz CT molecular complexity index is 183. The highest BCUT2D eigenvalue weighted by Crippen LogP contribution is 2.24. The van der Waals surface area contributed by atoms with Gasteiger partial charge in [0, 0.05) is 31.7 Å². The second-order valence-electron chi connectivity index (χ2n) is 4.83. The van der Waals surface area contributed by atoms with Crippen LogP contribution in [0.2, 0.25) is 0 Å². The van der Waals surface area contributed by atoms with Crippen LogP contribution in [0, 0.1) is 0 Å².